The molecule has 6 rings (SSSR count). The molecule has 3 aromatic rings. The van der Waals surface area contributed by atoms with E-state index in [1.807, 2.05) is 41.0 Å². The van der Waals surface area contributed by atoms with Crippen LogP contribution in [-0.2, 0) is 9.53 Å². The van der Waals surface area contributed by atoms with Gasteiger partial charge in [0.2, 0.25) is 6.23 Å². The van der Waals surface area contributed by atoms with E-state index < -0.39 is 12.1 Å². The first-order valence-electron chi connectivity index (χ1n) is 10.0. The van der Waals surface area contributed by atoms with E-state index in [-0.39, 0.29) is 12.4 Å². The number of carbonyl (C=O) groups excluding carboxylic acids is 1. The molecule has 3 aliphatic heterocycles. The van der Waals surface area contributed by atoms with E-state index in [0.29, 0.717) is 12.5 Å². The van der Waals surface area contributed by atoms with E-state index in [2.05, 4.69) is 23.1 Å². The Bertz CT molecular complexity index is 1010. The summed E-state index contributed by atoms with van der Waals surface area (Å²) in [4.78, 5) is 14.8. The third-order valence-electron chi connectivity index (χ3n) is 6.21. The maximum atomic E-state index is 12.3. The van der Waals surface area contributed by atoms with Crippen molar-refractivity contribution in [2.75, 3.05) is 26.2 Å². The van der Waals surface area contributed by atoms with Crippen molar-refractivity contribution in [2.24, 2.45) is 11.7 Å². The van der Waals surface area contributed by atoms with E-state index in [0.717, 1.165) is 28.4 Å². The van der Waals surface area contributed by atoms with E-state index in [1.54, 1.807) is 0 Å². The number of piperidine rings is 3. The van der Waals surface area contributed by atoms with Crippen LogP contribution in [0.15, 0.2) is 60.2 Å². The fraction of sp³-hybridized carbons (Fsp3) is 0.348. The Morgan fingerprint density at radius 3 is 2.17 bits per heavy atom. The predicted molar refractivity (Wildman–Crippen MR) is 118 cm³/mol. The molecule has 0 radical (unpaired) electrons. The summed E-state index contributed by atoms with van der Waals surface area (Å²) in [5.74, 6) is 0.202. The number of ether oxygens (including phenoxy) is 1. The lowest BCUT2D eigenvalue weighted by Crippen LogP contribution is -2.43. The van der Waals surface area contributed by atoms with Gasteiger partial charge in [0.05, 0.1) is 17.6 Å². The number of carbonyl (C=O) groups is 1. The van der Waals surface area contributed by atoms with Crippen molar-refractivity contribution in [3.8, 4) is 0 Å². The number of nitrogens with zero attached hydrogens (tertiary/aromatic N) is 2. The molecule has 1 aromatic heterocycles. The van der Waals surface area contributed by atoms with Crippen LogP contribution in [0.5, 0.6) is 0 Å². The van der Waals surface area contributed by atoms with Crippen molar-refractivity contribution in [1.82, 2.24) is 9.47 Å². The first-order chi connectivity index (χ1) is 13.7. The van der Waals surface area contributed by atoms with Crippen molar-refractivity contribution in [2.45, 2.75) is 19.1 Å². The van der Waals surface area contributed by atoms with Crippen LogP contribution in [0.1, 0.15) is 19.1 Å². The molecule has 152 valence electrons. The van der Waals surface area contributed by atoms with Gasteiger partial charge in [-0.3, -0.25) is 9.69 Å². The van der Waals surface area contributed by atoms with Crippen LogP contribution in [0.3, 0.4) is 0 Å². The van der Waals surface area contributed by atoms with Gasteiger partial charge in [-0.1, -0.05) is 48.0 Å². The van der Waals surface area contributed by atoms with Crippen LogP contribution < -0.4 is 5.73 Å². The summed E-state index contributed by atoms with van der Waals surface area (Å²) in [5.41, 5.74) is 9.15. The summed E-state index contributed by atoms with van der Waals surface area (Å²) >= 11 is 0. The summed E-state index contributed by atoms with van der Waals surface area (Å²) in [7, 11) is 0. The zero-order valence-corrected chi connectivity index (χ0v) is 17.1. The molecule has 4 heterocycles. The van der Waals surface area contributed by atoms with Crippen LogP contribution >= 0.6 is 12.4 Å². The van der Waals surface area contributed by atoms with E-state index in [4.69, 9.17) is 10.5 Å². The van der Waals surface area contributed by atoms with Crippen LogP contribution in [0.4, 0.5) is 0 Å². The lowest BCUT2D eigenvalue weighted by molar-refractivity contribution is -0.133. The van der Waals surface area contributed by atoms with Crippen molar-refractivity contribution in [1.29, 1.82) is 0 Å². The predicted octanol–water partition coefficient (Wildman–Crippen LogP) is 3.87. The first kappa shape index (κ1) is 20.0. The van der Waals surface area contributed by atoms with Gasteiger partial charge in [-0.15, -0.1) is 12.4 Å². The molecule has 1 amide bonds. The molecule has 2 bridgehead atoms. The lowest BCUT2D eigenvalue weighted by atomic mass is 9.84. The number of hydrogen-bond acceptors (Lipinski definition) is 3. The molecule has 2 aromatic carbocycles. The van der Waals surface area contributed by atoms with Crippen LogP contribution in [0.2, 0.25) is 0 Å². The zero-order chi connectivity index (χ0) is 19.1. The highest BCUT2D eigenvalue weighted by atomic mass is 35.5. The minimum Gasteiger partial charge on any atom is -0.366 e. The molecular weight excluding hydrogens is 386 g/mol. The van der Waals surface area contributed by atoms with Gasteiger partial charge in [0, 0.05) is 17.3 Å². The molecule has 1 unspecified atom stereocenters. The molecule has 2 N–H and O–H groups in total. The van der Waals surface area contributed by atoms with Gasteiger partial charge < -0.3 is 15.0 Å². The number of primary amides is 1. The Kier molecular flexibility index (Phi) is 5.63. The maximum absolute atomic E-state index is 12.3. The monoisotopic (exact) mass is 411 g/mol. The van der Waals surface area contributed by atoms with E-state index >= 15 is 0 Å². The minimum absolute atomic E-state index is 0. The second-order valence-corrected chi connectivity index (χ2v) is 7.82. The summed E-state index contributed by atoms with van der Waals surface area (Å²) in [6.45, 7) is 3.83. The average Bonchev–Trinajstić information content (AvgIpc) is 3.06. The lowest BCUT2D eigenvalue weighted by Gasteiger charge is -2.41. The summed E-state index contributed by atoms with van der Waals surface area (Å²) in [6.07, 6.45) is 3.80. The fourth-order valence-electron chi connectivity index (χ4n) is 4.82. The average molecular weight is 412 g/mol. The summed E-state index contributed by atoms with van der Waals surface area (Å²) in [5, 5.41) is 2.20. The fourth-order valence-corrected chi connectivity index (χ4v) is 4.82. The highest BCUT2D eigenvalue weighted by molar-refractivity contribution is 6.08. The maximum Gasteiger partial charge on any atom is 0.268 e. The molecule has 3 aliphatic rings. The van der Waals surface area contributed by atoms with Gasteiger partial charge in [0.15, 0.2) is 0 Å². The number of amides is 1. The number of nitrogens with two attached hydrogens (primary N) is 1. The normalized spacial score (nSPS) is 23.4. The Labute approximate surface area is 176 Å². The van der Waals surface area contributed by atoms with Crippen molar-refractivity contribution < 1.29 is 9.53 Å². The molecule has 29 heavy (non-hydrogen) atoms. The Hall–Kier alpha value is -2.34. The second kappa shape index (κ2) is 8.19. The smallest absolute Gasteiger partial charge is 0.268 e. The highest BCUT2D eigenvalue weighted by Crippen LogP contribution is 2.33. The standard InChI is InChI=1S/C23H25N3O2.ClH/c24-22(27)23(28-14-11-17-15-25-12-9-16(17)10-13-25)26-20-7-3-1-5-18(20)19-6-2-4-8-21(19)26;/h1-8,11,16,23H,9-10,12-15H2,(H2,24,27);1H. The molecule has 1 atom stereocenters. The Morgan fingerprint density at radius 2 is 1.66 bits per heavy atom. The molecule has 6 heteroatoms. The highest BCUT2D eigenvalue weighted by Gasteiger charge is 2.29. The molecular formula is C23H26ClN3O2. The molecule has 3 saturated heterocycles. The van der Waals surface area contributed by atoms with Crippen LogP contribution in [-0.4, -0.2) is 41.6 Å². The largest absolute Gasteiger partial charge is 0.366 e. The van der Waals surface area contributed by atoms with Gasteiger partial charge in [-0.2, -0.15) is 0 Å². The number of halogens is 1. The van der Waals surface area contributed by atoms with Crippen molar-refractivity contribution >= 4 is 40.1 Å². The topological polar surface area (TPSA) is 60.5 Å². The third kappa shape index (κ3) is 3.54. The SMILES string of the molecule is Cl.NC(=O)C(OCC=C1CN2CCC1CC2)n1c2ccccc2c2ccccc21. The van der Waals surface area contributed by atoms with Crippen molar-refractivity contribution in [3.63, 3.8) is 0 Å². The minimum atomic E-state index is -0.831. The van der Waals surface area contributed by atoms with Gasteiger partial charge in [0.1, 0.15) is 0 Å². The Balaban J connectivity index is 0.00000205. The second-order valence-electron chi connectivity index (χ2n) is 7.82. The van der Waals surface area contributed by atoms with Gasteiger partial charge in [-0.05, 0) is 44.0 Å². The number of benzene rings is 2. The number of para-hydroxylation sites is 2. The Morgan fingerprint density at radius 1 is 1.07 bits per heavy atom. The van der Waals surface area contributed by atoms with Gasteiger partial charge in [0.25, 0.3) is 5.91 Å². The van der Waals surface area contributed by atoms with E-state index in [9.17, 15) is 4.79 Å². The molecule has 5 nitrogen and oxygen atoms in total. The molecule has 0 spiro atoms. The number of aromatic nitrogens is 1. The molecule has 3 fully saturated rings. The molecule has 0 aliphatic carbocycles. The van der Waals surface area contributed by atoms with Gasteiger partial charge in [-0.25, -0.2) is 0 Å². The summed E-state index contributed by atoms with van der Waals surface area (Å²) in [6, 6.07) is 16.1. The number of rotatable bonds is 5. The quantitative estimate of drug-likeness (QED) is 0.648. The van der Waals surface area contributed by atoms with Crippen molar-refractivity contribution in [3.05, 3.63) is 60.2 Å². The number of hydrogen-bond donors (Lipinski definition) is 1. The van der Waals surface area contributed by atoms with Gasteiger partial charge >= 0.3 is 0 Å². The van der Waals surface area contributed by atoms with Crippen LogP contribution in [0, 0.1) is 5.92 Å². The third-order valence-corrected chi connectivity index (χ3v) is 6.21. The zero-order valence-electron chi connectivity index (χ0n) is 16.3. The summed E-state index contributed by atoms with van der Waals surface area (Å²) < 4.78 is 8.00. The van der Waals surface area contributed by atoms with Crippen LogP contribution in [0.25, 0.3) is 21.8 Å². The number of fused-ring (bicyclic) bond motifs is 6. The van der Waals surface area contributed by atoms with E-state index in [1.165, 1.54) is 31.5 Å². The first-order valence-corrected chi connectivity index (χ1v) is 10.0. The molecule has 0 saturated carbocycles.